The van der Waals surface area contributed by atoms with Crippen LogP contribution in [0.5, 0.6) is 0 Å². The van der Waals surface area contributed by atoms with E-state index in [0.29, 0.717) is 13.2 Å². The molecule has 2 rings (SSSR count). The number of carbonyl (C=O) groups is 1. The molecule has 2 fully saturated rings. The van der Waals surface area contributed by atoms with E-state index in [-0.39, 0.29) is 17.9 Å². The molecule has 0 aromatic heterocycles. The zero-order valence-corrected chi connectivity index (χ0v) is 13.6. The second kappa shape index (κ2) is 8.71. The Balaban J connectivity index is 1.64. The standard InChI is InChI=1S/C16H31N3O2/c1-3-7-17-15-12-21-11-14(15)16(20)18-8-4-13-5-9-19(2)10-6-13/h13-15,17H,3-12H2,1-2H3,(H,18,20). The molecule has 2 saturated heterocycles. The maximum absolute atomic E-state index is 12.3. The second-order valence-electron chi connectivity index (χ2n) is 6.53. The summed E-state index contributed by atoms with van der Waals surface area (Å²) in [6, 6.07) is 0.188. The number of likely N-dealkylation sites (tertiary alicyclic amines) is 1. The van der Waals surface area contributed by atoms with Crippen molar-refractivity contribution >= 4 is 5.91 Å². The fourth-order valence-electron chi connectivity index (χ4n) is 3.22. The van der Waals surface area contributed by atoms with Crippen LogP contribution in [0.2, 0.25) is 0 Å². The fraction of sp³-hybridized carbons (Fsp3) is 0.938. The molecule has 0 saturated carbocycles. The Morgan fingerprint density at radius 1 is 1.24 bits per heavy atom. The van der Waals surface area contributed by atoms with Gasteiger partial charge in [0.25, 0.3) is 0 Å². The second-order valence-corrected chi connectivity index (χ2v) is 6.53. The van der Waals surface area contributed by atoms with Gasteiger partial charge in [-0.1, -0.05) is 6.92 Å². The lowest BCUT2D eigenvalue weighted by molar-refractivity contribution is -0.125. The van der Waals surface area contributed by atoms with Gasteiger partial charge in [-0.25, -0.2) is 0 Å². The molecule has 0 bridgehead atoms. The lowest BCUT2D eigenvalue weighted by atomic mass is 9.93. The van der Waals surface area contributed by atoms with Crippen LogP contribution in [0.15, 0.2) is 0 Å². The molecule has 0 aliphatic carbocycles. The molecule has 5 nitrogen and oxygen atoms in total. The van der Waals surface area contributed by atoms with Crippen molar-refractivity contribution in [1.82, 2.24) is 15.5 Å². The van der Waals surface area contributed by atoms with Gasteiger partial charge in [-0.15, -0.1) is 0 Å². The molecule has 21 heavy (non-hydrogen) atoms. The topological polar surface area (TPSA) is 53.6 Å². The van der Waals surface area contributed by atoms with Gasteiger partial charge in [0.15, 0.2) is 0 Å². The summed E-state index contributed by atoms with van der Waals surface area (Å²) in [6.45, 7) is 7.50. The molecule has 2 aliphatic rings. The predicted octanol–water partition coefficient (Wildman–Crippen LogP) is 0.849. The van der Waals surface area contributed by atoms with Crippen LogP contribution in [0.3, 0.4) is 0 Å². The highest BCUT2D eigenvalue weighted by atomic mass is 16.5. The number of hydrogen-bond acceptors (Lipinski definition) is 4. The summed E-state index contributed by atoms with van der Waals surface area (Å²) in [5, 5.41) is 6.53. The SMILES string of the molecule is CCCNC1COCC1C(=O)NCCC1CCN(C)CC1. The summed E-state index contributed by atoms with van der Waals surface area (Å²) in [4.78, 5) is 14.7. The van der Waals surface area contributed by atoms with Gasteiger partial charge in [-0.2, -0.15) is 0 Å². The fourth-order valence-corrected chi connectivity index (χ4v) is 3.22. The van der Waals surface area contributed by atoms with Crippen LogP contribution in [0, 0.1) is 11.8 Å². The third-order valence-electron chi connectivity index (χ3n) is 4.76. The summed E-state index contributed by atoms with van der Waals surface area (Å²) < 4.78 is 5.47. The predicted molar refractivity (Wildman–Crippen MR) is 84.2 cm³/mol. The molecule has 0 radical (unpaired) electrons. The molecule has 122 valence electrons. The van der Waals surface area contributed by atoms with E-state index >= 15 is 0 Å². The molecule has 2 aliphatic heterocycles. The van der Waals surface area contributed by atoms with E-state index in [1.165, 1.54) is 25.9 Å². The average Bonchev–Trinajstić information content (AvgIpc) is 2.95. The Morgan fingerprint density at radius 2 is 2.00 bits per heavy atom. The monoisotopic (exact) mass is 297 g/mol. The first-order valence-corrected chi connectivity index (χ1v) is 8.48. The summed E-state index contributed by atoms with van der Waals surface area (Å²) in [5.74, 6) is 0.915. The van der Waals surface area contributed by atoms with Gasteiger partial charge < -0.3 is 20.3 Å². The highest BCUT2D eigenvalue weighted by Crippen LogP contribution is 2.19. The Morgan fingerprint density at radius 3 is 2.71 bits per heavy atom. The summed E-state index contributed by atoms with van der Waals surface area (Å²) in [7, 11) is 2.18. The largest absolute Gasteiger partial charge is 0.379 e. The van der Waals surface area contributed by atoms with Gasteiger partial charge in [-0.05, 0) is 58.3 Å². The quantitative estimate of drug-likeness (QED) is 0.731. The van der Waals surface area contributed by atoms with E-state index in [1.54, 1.807) is 0 Å². The maximum Gasteiger partial charge on any atom is 0.227 e. The molecule has 2 heterocycles. The molecule has 5 heteroatoms. The number of nitrogens with one attached hydrogen (secondary N) is 2. The molecular weight excluding hydrogens is 266 g/mol. The Bertz CT molecular complexity index is 317. The average molecular weight is 297 g/mol. The minimum absolute atomic E-state index is 0.0194. The summed E-state index contributed by atoms with van der Waals surface area (Å²) in [6.07, 6.45) is 4.72. The van der Waals surface area contributed by atoms with E-state index < -0.39 is 0 Å². The minimum atomic E-state index is -0.0194. The van der Waals surface area contributed by atoms with Gasteiger partial charge in [-0.3, -0.25) is 4.79 Å². The Labute approximate surface area is 128 Å². The first-order chi connectivity index (χ1) is 10.2. The van der Waals surface area contributed by atoms with E-state index in [4.69, 9.17) is 4.74 Å². The zero-order chi connectivity index (χ0) is 15.1. The molecule has 1 amide bonds. The number of nitrogens with zero attached hydrogens (tertiary/aromatic N) is 1. The number of piperidine rings is 1. The van der Waals surface area contributed by atoms with Crippen LogP contribution in [-0.2, 0) is 9.53 Å². The first kappa shape index (κ1) is 16.7. The lowest BCUT2D eigenvalue weighted by Gasteiger charge is -2.29. The molecule has 0 aromatic carbocycles. The van der Waals surface area contributed by atoms with Gasteiger partial charge in [0.05, 0.1) is 19.1 Å². The number of amides is 1. The zero-order valence-electron chi connectivity index (χ0n) is 13.6. The molecule has 2 unspecified atom stereocenters. The lowest BCUT2D eigenvalue weighted by Crippen LogP contribution is -2.44. The normalized spacial score (nSPS) is 27.9. The van der Waals surface area contributed by atoms with E-state index in [9.17, 15) is 4.79 Å². The van der Waals surface area contributed by atoms with Crippen LogP contribution in [-0.4, -0.2) is 63.3 Å². The van der Waals surface area contributed by atoms with Gasteiger partial charge >= 0.3 is 0 Å². The van der Waals surface area contributed by atoms with Gasteiger partial charge in [0.2, 0.25) is 5.91 Å². The van der Waals surface area contributed by atoms with E-state index in [0.717, 1.165) is 31.8 Å². The number of hydrogen-bond donors (Lipinski definition) is 2. The van der Waals surface area contributed by atoms with Crippen molar-refractivity contribution in [3.8, 4) is 0 Å². The third kappa shape index (κ3) is 5.24. The van der Waals surface area contributed by atoms with Crippen molar-refractivity contribution in [2.45, 2.75) is 38.6 Å². The number of rotatable bonds is 7. The van der Waals surface area contributed by atoms with E-state index in [2.05, 4.69) is 29.5 Å². The molecular formula is C16H31N3O2. The van der Waals surface area contributed by atoms with Gasteiger partial charge in [0, 0.05) is 12.6 Å². The van der Waals surface area contributed by atoms with Crippen molar-refractivity contribution in [2.24, 2.45) is 11.8 Å². The van der Waals surface area contributed by atoms with Crippen LogP contribution < -0.4 is 10.6 Å². The molecule has 0 aromatic rings. The van der Waals surface area contributed by atoms with Crippen molar-refractivity contribution in [2.75, 3.05) is 46.4 Å². The van der Waals surface area contributed by atoms with E-state index in [1.807, 2.05) is 0 Å². The van der Waals surface area contributed by atoms with Crippen molar-refractivity contribution in [3.05, 3.63) is 0 Å². The summed E-state index contributed by atoms with van der Waals surface area (Å²) in [5.41, 5.74) is 0. The smallest absolute Gasteiger partial charge is 0.227 e. The number of ether oxygens (including phenoxy) is 1. The van der Waals surface area contributed by atoms with Crippen molar-refractivity contribution in [3.63, 3.8) is 0 Å². The Hall–Kier alpha value is -0.650. The molecule has 2 N–H and O–H groups in total. The Kier molecular flexibility index (Phi) is 6.93. The van der Waals surface area contributed by atoms with Gasteiger partial charge in [0.1, 0.15) is 0 Å². The molecule has 2 atom stereocenters. The highest BCUT2D eigenvalue weighted by molar-refractivity contribution is 5.79. The minimum Gasteiger partial charge on any atom is -0.379 e. The highest BCUT2D eigenvalue weighted by Gasteiger charge is 2.33. The van der Waals surface area contributed by atoms with Crippen molar-refractivity contribution < 1.29 is 9.53 Å². The third-order valence-corrected chi connectivity index (χ3v) is 4.76. The molecule has 0 spiro atoms. The first-order valence-electron chi connectivity index (χ1n) is 8.48. The summed E-state index contributed by atoms with van der Waals surface area (Å²) >= 11 is 0. The number of carbonyl (C=O) groups excluding carboxylic acids is 1. The van der Waals surface area contributed by atoms with Crippen LogP contribution in [0.1, 0.15) is 32.6 Å². The maximum atomic E-state index is 12.3. The van der Waals surface area contributed by atoms with Crippen LogP contribution in [0.4, 0.5) is 0 Å². The van der Waals surface area contributed by atoms with Crippen LogP contribution in [0.25, 0.3) is 0 Å². The van der Waals surface area contributed by atoms with Crippen LogP contribution >= 0.6 is 0 Å². The van der Waals surface area contributed by atoms with Crippen molar-refractivity contribution in [1.29, 1.82) is 0 Å².